The van der Waals surface area contributed by atoms with Crippen molar-refractivity contribution in [3.05, 3.63) is 41.7 Å². The molecule has 5 nitrogen and oxygen atoms in total. The van der Waals surface area contributed by atoms with Crippen LogP contribution in [-0.4, -0.2) is 46.4 Å². The monoisotopic (exact) mass is 330 g/mol. The number of amides is 1. The third-order valence-electron chi connectivity index (χ3n) is 4.76. The number of nitrogens with zero attached hydrogens (tertiary/aromatic N) is 3. The Kier molecular flexibility index (Phi) is 3.83. The first-order chi connectivity index (χ1) is 11.2. The fourth-order valence-corrected chi connectivity index (χ4v) is 3.76. The molecule has 0 aliphatic carbocycles. The SMILES string of the molecule is O=C(NC1CC2CCN(C2)C1)n1cc(-c2ccc(Cl)cc2)cn1. The summed E-state index contributed by atoms with van der Waals surface area (Å²) in [4.78, 5) is 14.8. The van der Waals surface area contributed by atoms with Crippen LogP contribution in [0.25, 0.3) is 11.1 Å². The molecule has 1 N–H and O–H groups in total. The molecule has 2 saturated heterocycles. The van der Waals surface area contributed by atoms with Crippen LogP contribution in [0.4, 0.5) is 4.79 Å². The highest BCUT2D eigenvalue weighted by Gasteiger charge is 2.33. The molecule has 4 rings (SSSR count). The maximum absolute atomic E-state index is 12.4. The molecular weight excluding hydrogens is 312 g/mol. The molecule has 0 radical (unpaired) electrons. The number of aromatic nitrogens is 2. The van der Waals surface area contributed by atoms with Gasteiger partial charge in [-0.3, -0.25) is 0 Å². The molecule has 1 aromatic heterocycles. The van der Waals surface area contributed by atoms with Gasteiger partial charge in [-0.2, -0.15) is 9.78 Å². The van der Waals surface area contributed by atoms with Gasteiger partial charge in [0, 0.05) is 35.9 Å². The van der Waals surface area contributed by atoms with E-state index in [1.165, 1.54) is 24.2 Å². The highest BCUT2D eigenvalue weighted by molar-refractivity contribution is 6.30. The summed E-state index contributed by atoms with van der Waals surface area (Å²) in [5.74, 6) is 0.733. The van der Waals surface area contributed by atoms with Crippen LogP contribution in [0.1, 0.15) is 12.8 Å². The van der Waals surface area contributed by atoms with Crippen LogP contribution in [-0.2, 0) is 0 Å². The lowest BCUT2D eigenvalue weighted by Gasteiger charge is -2.30. The third kappa shape index (κ3) is 3.12. The quantitative estimate of drug-likeness (QED) is 0.921. The Balaban J connectivity index is 1.44. The first-order valence-corrected chi connectivity index (χ1v) is 8.39. The van der Waals surface area contributed by atoms with Gasteiger partial charge in [-0.05, 0) is 43.0 Å². The van der Waals surface area contributed by atoms with Crippen molar-refractivity contribution in [1.29, 1.82) is 0 Å². The summed E-state index contributed by atoms with van der Waals surface area (Å²) in [7, 11) is 0. The van der Waals surface area contributed by atoms with E-state index in [1.807, 2.05) is 24.3 Å². The molecule has 3 heterocycles. The molecule has 2 aliphatic rings. The summed E-state index contributed by atoms with van der Waals surface area (Å²) in [5, 5.41) is 8.00. The second kappa shape index (κ2) is 5.98. The highest BCUT2D eigenvalue weighted by Crippen LogP contribution is 2.27. The molecule has 1 amide bonds. The number of carbonyl (C=O) groups is 1. The van der Waals surface area contributed by atoms with Crippen molar-refractivity contribution in [3.63, 3.8) is 0 Å². The van der Waals surface area contributed by atoms with E-state index in [-0.39, 0.29) is 12.1 Å². The van der Waals surface area contributed by atoms with E-state index in [9.17, 15) is 4.79 Å². The molecule has 120 valence electrons. The van der Waals surface area contributed by atoms with Gasteiger partial charge in [-0.15, -0.1) is 0 Å². The van der Waals surface area contributed by atoms with Crippen LogP contribution in [0, 0.1) is 5.92 Å². The molecule has 3 atom stereocenters. The molecule has 0 saturated carbocycles. The van der Waals surface area contributed by atoms with Crippen molar-refractivity contribution >= 4 is 17.6 Å². The minimum atomic E-state index is -0.155. The number of hydrogen-bond acceptors (Lipinski definition) is 3. The normalized spacial score (nSPS) is 26.2. The summed E-state index contributed by atoms with van der Waals surface area (Å²) in [5.41, 5.74) is 1.90. The second-order valence-corrected chi connectivity index (χ2v) is 6.91. The van der Waals surface area contributed by atoms with Gasteiger partial charge in [0.25, 0.3) is 0 Å². The lowest BCUT2D eigenvalue weighted by molar-refractivity contribution is 0.204. The van der Waals surface area contributed by atoms with Crippen LogP contribution >= 0.6 is 11.6 Å². The van der Waals surface area contributed by atoms with E-state index in [4.69, 9.17) is 11.6 Å². The predicted molar refractivity (Wildman–Crippen MR) is 89.6 cm³/mol. The minimum Gasteiger partial charge on any atom is -0.332 e. The summed E-state index contributed by atoms with van der Waals surface area (Å²) in [6, 6.07) is 7.59. The molecule has 2 fully saturated rings. The molecular formula is C17H19ClN4O. The van der Waals surface area contributed by atoms with Gasteiger partial charge in [-0.25, -0.2) is 4.79 Å². The maximum Gasteiger partial charge on any atom is 0.342 e. The zero-order valence-corrected chi connectivity index (χ0v) is 13.5. The van der Waals surface area contributed by atoms with Gasteiger partial charge in [0.2, 0.25) is 0 Å². The summed E-state index contributed by atoms with van der Waals surface area (Å²) >= 11 is 5.90. The van der Waals surface area contributed by atoms with Gasteiger partial charge >= 0.3 is 6.03 Å². The third-order valence-corrected chi connectivity index (χ3v) is 5.01. The van der Waals surface area contributed by atoms with Crippen molar-refractivity contribution in [2.45, 2.75) is 18.9 Å². The van der Waals surface area contributed by atoms with Gasteiger partial charge in [0.1, 0.15) is 0 Å². The van der Waals surface area contributed by atoms with Gasteiger partial charge in [0.15, 0.2) is 0 Å². The zero-order chi connectivity index (χ0) is 15.8. The molecule has 6 heteroatoms. The Hall–Kier alpha value is -1.85. The van der Waals surface area contributed by atoms with E-state index in [1.54, 1.807) is 12.4 Å². The van der Waals surface area contributed by atoms with Gasteiger partial charge in [0.05, 0.1) is 6.20 Å². The Morgan fingerprint density at radius 3 is 2.83 bits per heavy atom. The number of fused-ring (bicyclic) bond motifs is 2. The van der Waals surface area contributed by atoms with Gasteiger partial charge in [-0.1, -0.05) is 23.7 Å². The molecule has 1 aromatic carbocycles. The Labute approximate surface area is 140 Å². The Bertz CT molecular complexity index is 700. The van der Waals surface area contributed by atoms with Crippen molar-refractivity contribution in [2.75, 3.05) is 19.6 Å². The van der Waals surface area contributed by atoms with Crippen molar-refractivity contribution in [2.24, 2.45) is 5.92 Å². The van der Waals surface area contributed by atoms with E-state index >= 15 is 0 Å². The van der Waals surface area contributed by atoms with Crippen LogP contribution < -0.4 is 5.32 Å². The number of piperidine rings is 1. The average Bonchev–Trinajstić information content (AvgIpc) is 3.15. The first kappa shape index (κ1) is 14.7. The average molecular weight is 331 g/mol. The number of benzene rings is 1. The van der Waals surface area contributed by atoms with E-state index in [0.29, 0.717) is 5.02 Å². The fourth-order valence-electron chi connectivity index (χ4n) is 3.63. The zero-order valence-electron chi connectivity index (χ0n) is 12.8. The molecule has 2 aromatic rings. The molecule has 2 aliphatic heterocycles. The van der Waals surface area contributed by atoms with E-state index < -0.39 is 0 Å². The van der Waals surface area contributed by atoms with Gasteiger partial charge < -0.3 is 10.2 Å². The number of carbonyl (C=O) groups excluding carboxylic acids is 1. The number of halogens is 1. The highest BCUT2D eigenvalue weighted by atomic mass is 35.5. The summed E-state index contributed by atoms with van der Waals surface area (Å²) in [6.45, 7) is 3.31. The van der Waals surface area contributed by atoms with Crippen molar-refractivity contribution < 1.29 is 4.79 Å². The largest absolute Gasteiger partial charge is 0.342 e. The predicted octanol–water partition coefficient (Wildman–Crippen LogP) is 2.86. The first-order valence-electron chi connectivity index (χ1n) is 8.01. The number of rotatable bonds is 2. The van der Waals surface area contributed by atoms with Crippen LogP contribution in [0.2, 0.25) is 5.02 Å². The Morgan fingerprint density at radius 2 is 2.04 bits per heavy atom. The van der Waals surface area contributed by atoms with Crippen molar-refractivity contribution in [1.82, 2.24) is 20.0 Å². The maximum atomic E-state index is 12.4. The van der Waals surface area contributed by atoms with Crippen LogP contribution in [0.5, 0.6) is 0 Å². The molecule has 0 spiro atoms. The lowest BCUT2D eigenvalue weighted by Crippen LogP contribution is -2.48. The van der Waals surface area contributed by atoms with E-state index in [0.717, 1.165) is 30.0 Å². The summed E-state index contributed by atoms with van der Waals surface area (Å²) in [6.07, 6.45) is 5.80. The molecule has 2 bridgehead atoms. The van der Waals surface area contributed by atoms with E-state index in [2.05, 4.69) is 15.3 Å². The number of hydrogen-bond donors (Lipinski definition) is 1. The fraction of sp³-hybridized carbons (Fsp3) is 0.412. The second-order valence-electron chi connectivity index (χ2n) is 6.48. The van der Waals surface area contributed by atoms with Crippen LogP contribution in [0.15, 0.2) is 36.7 Å². The minimum absolute atomic E-state index is 0.155. The standard InChI is InChI=1S/C17H19ClN4O/c18-15-3-1-13(2-4-15)14-8-19-22(10-14)17(23)20-16-7-12-5-6-21(9-12)11-16/h1-4,8,10,12,16H,5-7,9,11H2,(H,20,23). The van der Waals surface area contributed by atoms with Crippen molar-refractivity contribution in [3.8, 4) is 11.1 Å². The number of nitrogens with one attached hydrogen (secondary N) is 1. The lowest BCUT2D eigenvalue weighted by atomic mass is 9.97. The summed E-state index contributed by atoms with van der Waals surface area (Å²) < 4.78 is 1.38. The molecule has 23 heavy (non-hydrogen) atoms. The topological polar surface area (TPSA) is 50.2 Å². The smallest absolute Gasteiger partial charge is 0.332 e. The molecule has 3 unspecified atom stereocenters. The Morgan fingerprint density at radius 1 is 1.22 bits per heavy atom. The van der Waals surface area contributed by atoms with Crippen LogP contribution in [0.3, 0.4) is 0 Å².